The third-order valence-corrected chi connectivity index (χ3v) is 3.27. The molecule has 1 aromatic carbocycles. The van der Waals surface area contributed by atoms with E-state index < -0.39 is 0 Å². The zero-order valence-corrected chi connectivity index (χ0v) is 9.13. The third kappa shape index (κ3) is 1.32. The van der Waals surface area contributed by atoms with Crippen LogP contribution in [0.15, 0.2) is 24.3 Å². The predicted molar refractivity (Wildman–Crippen MR) is 61.5 cm³/mol. The van der Waals surface area contributed by atoms with E-state index in [-0.39, 0.29) is 11.4 Å². The molecular weight excluding hydrogens is 203 g/mol. The zero-order valence-electron chi connectivity index (χ0n) is 9.13. The SMILES string of the molecule is Cc1ccc2c(C3(N)CC3)ccc(F)c2n1. The summed E-state index contributed by atoms with van der Waals surface area (Å²) in [5.41, 5.74) is 8.21. The second-order valence-corrected chi connectivity index (χ2v) is 4.60. The second kappa shape index (κ2) is 3.01. The number of nitrogens with zero attached hydrogens (tertiary/aromatic N) is 1. The van der Waals surface area contributed by atoms with Crippen molar-refractivity contribution < 1.29 is 4.39 Å². The highest BCUT2D eigenvalue weighted by molar-refractivity contribution is 5.84. The number of rotatable bonds is 1. The van der Waals surface area contributed by atoms with Crippen LogP contribution in [0.5, 0.6) is 0 Å². The maximum Gasteiger partial charge on any atom is 0.149 e. The Morgan fingerprint density at radius 3 is 2.69 bits per heavy atom. The first kappa shape index (κ1) is 9.73. The Kier molecular flexibility index (Phi) is 1.83. The van der Waals surface area contributed by atoms with Crippen LogP contribution in [-0.4, -0.2) is 4.98 Å². The standard InChI is InChI=1S/C13H13FN2/c1-8-2-3-9-10(13(15)6-7-13)4-5-11(14)12(9)16-8/h2-5H,6-7,15H2,1H3. The fraction of sp³-hybridized carbons (Fsp3) is 0.308. The topological polar surface area (TPSA) is 38.9 Å². The Morgan fingerprint density at radius 1 is 1.25 bits per heavy atom. The molecule has 2 aromatic rings. The number of aryl methyl sites for hydroxylation is 1. The maximum absolute atomic E-state index is 13.7. The molecule has 0 saturated heterocycles. The summed E-state index contributed by atoms with van der Waals surface area (Å²) in [5, 5.41) is 0.852. The van der Waals surface area contributed by atoms with Crippen LogP contribution in [0.2, 0.25) is 0 Å². The van der Waals surface area contributed by atoms with E-state index in [1.807, 2.05) is 19.1 Å². The smallest absolute Gasteiger partial charge is 0.149 e. The molecule has 1 saturated carbocycles. The number of nitrogens with two attached hydrogens (primary N) is 1. The summed E-state index contributed by atoms with van der Waals surface area (Å²) in [4.78, 5) is 4.25. The van der Waals surface area contributed by atoms with Gasteiger partial charge in [0, 0.05) is 16.6 Å². The summed E-state index contributed by atoms with van der Waals surface area (Å²) < 4.78 is 13.7. The van der Waals surface area contributed by atoms with Crippen molar-refractivity contribution in [2.75, 3.05) is 0 Å². The molecule has 0 radical (unpaired) electrons. The molecule has 3 rings (SSSR count). The largest absolute Gasteiger partial charge is 0.321 e. The third-order valence-electron chi connectivity index (χ3n) is 3.27. The molecule has 0 atom stereocenters. The molecule has 0 spiro atoms. The van der Waals surface area contributed by atoms with Gasteiger partial charge in [-0.2, -0.15) is 0 Å². The van der Waals surface area contributed by atoms with Crippen LogP contribution in [-0.2, 0) is 5.54 Å². The highest BCUT2D eigenvalue weighted by atomic mass is 19.1. The van der Waals surface area contributed by atoms with E-state index in [9.17, 15) is 4.39 Å². The van der Waals surface area contributed by atoms with E-state index >= 15 is 0 Å². The van der Waals surface area contributed by atoms with Gasteiger partial charge < -0.3 is 5.73 Å². The fourth-order valence-corrected chi connectivity index (χ4v) is 2.12. The Labute approximate surface area is 93.3 Å². The van der Waals surface area contributed by atoms with E-state index in [0.717, 1.165) is 29.5 Å². The van der Waals surface area contributed by atoms with Gasteiger partial charge >= 0.3 is 0 Å². The van der Waals surface area contributed by atoms with Crippen molar-refractivity contribution in [3.63, 3.8) is 0 Å². The normalized spacial score (nSPS) is 17.7. The van der Waals surface area contributed by atoms with E-state index in [1.54, 1.807) is 6.07 Å². The monoisotopic (exact) mass is 216 g/mol. The summed E-state index contributed by atoms with van der Waals surface area (Å²) in [6.07, 6.45) is 1.95. The minimum absolute atomic E-state index is 0.247. The van der Waals surface area contributed by atoms with E-state index in [2.05, 4.69) is 4.98 Å². The van der Waals surface area contributed by atoms with E-state index in [0.29, 0.717) is 5.52 Å². The molecule has 0 unspecified atom stereocenters. The minimum Gasteiger partial charge on any atom is -0.321 e. The van der Waals surface area contributed by atoms with Gasteiger partial charge in [0.05, 0.1) is 0 Å². The van der Waals surface area contributed by atoms with Gasteiger partial charge in [0.15, 0.2) is 0 Å². The van der Waals surface area contributed by atoms with Crippen LogP contribution < -0.4 is 5.73 Å². The molecule has 0 amide bonds. The first-order valence-electron chi connectivity index (χ1n) is 5.45. The molecule has 1 aromatic heterocycles. The van der Waals surface area contributed by atoms with Crippen molar-refractivity contribution in [2.24, 2.45) is 5.73 Å². The summed E-state index contributed by atoms with van der Waals surface area (Å²) in [5.74, 6) is -0.272. The van der Waals surface area contributed by atoms with Gasteiger partial charge in [0.2, 0.25) is 0 Å². The minimum atomic E-state index is -0.272. The molecule has 1 fully saturated rings. The Bertz CT molecular complexity index is 573. The first-order valence-corrected chi connectivity index (χ1v) is 5.45. The summed E-state index contributed by atoms with van der Waals surface area (Å²) in [6, 6.07) is 7.08. The summed E-state index contributed by atoms with van der Waals surface area (Å²) >= 11 is 0. The van der Waals surface area contributed by atoms with Crippen LogP contribution in [0.3, 0.4) is 0 Å². The number of pyridine rings is 1. The molecule has 0 bridgehead atoms. The lowest BCUT2D eigenvalue weighted by Crippen LogP contribution is -2.19. The molecule has 1 heterocycles. The van der Waals surface area contributed by atoms with Crippen LogP contribution in [0, 0.1) is 12.7 Å². The van der Waals surface area contributed by atoms with Crippen LogP contribution in [0.4, 0.5) is 4.39 Å². The van der Waals surface area contributed by atoms with Gasteiger partial charge in [-0.1, -0.05) is 12.1 Å². The van der Waals surface area contributed by atoms with E-state index in [4.69, 9.17) is 5.73 Å². The molecule has 2 nitrogen and oxygen atoms in total. The number of hydrogen-bond donors (Lipinski definition) is 1. The maximum atomic E-state index is 13.7. The lowest BCUT2D eigenvalue weighted by atomic mass is 9.99. The van der Waals surface area contributed by atoms with Gasteiger partial charge in [0.1, 0.15) is 11.3 Å². The molecule has 1 aliphatic rings. The number of benzene rings is 1. The van der Waals surface area contributed by atoms with Crippen LogP contribution >= 0.6 is 0 Å². The Balaban J connectivity index is 2.35. The molecule has 3 heteroatoms. The number of aromatic nitrogens is 1. The lowest BCUT2D eigenvalue weighted by molar-refractivity contribution is 0.634. The van der Waals surface area contributed by atoms with Gasteiger partial charge in [-0.15, -0.1) is 0 Å². The predicted octanol–water partition coefficient (Wildman–Crippen LogP) is 2.63. The highest BCUT2D eigenvalue weighted by Crippen LogP contribution is 2.45. The van der Waals surface area contributed by atoms with Crippen molar-refractivity contribution in [1.82, 2.24) is 4.98 Å². The molecule has 2 N–H and O–H groups in total. The first-order chi connectivity index (χ1) is 7.60. The zero-order chi connectivity index (χ0) is 11.3. The van der Waals surface area contributed by atoms with Gasteiger partial charge in [-0.05, 0) is 37.5 Å². The Morgan fingerprint density at radius 2 is 2.00 bits per heavy atom. The van der Waals surface area contributed by atoms with Crippen molar-refractivity contribution >= 4 is 10.9 Å². The molecular formula is C13H13FN2. The molecule has 16 heavy (non-hydrogen) atoms. The summed E-state index contributed by atoms with van der Waals surface area (Å²) in [6.45, 7) is 1.86. The van der Waals surface area contributed by atoms with Crippen molar-refractivity contribution in [3.05, 3.63) is 41.3 Å². The average Bonchev–Trinajstić information content (AvgIpc) is 2.99. The Hall–Kier alpha value is -1.48. The van der Waals surface area contributed by atoms with Gasteiger partial charge in [0.25, 0.3) is 0 Å². The highest BCUT2D eigenvalue weighted by Gasteiger charge is 2.41. The molecule has 82 valence electrons. The molecule has 0 aliphatic heterocycles. The van der Waals surface area contributed by atoms with Crippen molar-refractivity contribution in [1.29, 1.82) is 0 Å². The number of hydrogen-bond acceptors (Lipinski definition) is 2. The van der Waals surface area contributed by atoms with Gasteiger partial charge in [-0.3, -0.25) is 4.98 Å². The number of fused-ring (bicyclic) bond motifs is 1. The average molecular weight is 216 g/mol. The van der Waals surface area contributed by atoms with E-state index in [1.165, 1.54) is 6.07 Å². The van der Waals surface area contributed by atoms with Crippen LogP contribution in [0.25, 0.3) is 10.9 Å². The van der Waals surface area contributed by atoms with Gasteiger partial charge in [-0.25, -0.2) is 4.39 Å². The number of halogens is 1. The van der Waals surface area contributed by atoms with Crippen LogP contribution in [0.1, 0.15) is 24.1 Å². The second-order valence-electron chi connectivity index (χ2n) is 4.60. The fourth-order valence-electron chi connectivity index (χ4n) is 2.12. The quantitative estimate of drug-likeness (QED) is 0.795. The van der Waals surface area contributed by atoms with Crippen molar-refractivity contribution in [3.8, 4) is 0 Å². The van der Waals surface area contributed by atoms with Crippen molar-refractivity contribution in [2.45, 2.75) is 25.3 Å². The molecule has 1 aliphatic carbocycles. The lowest BCUT2D eigenvalue weighted by Gasteiger charge is -2.13. The summed E-state index contributed by atoms with van der Waals surface area (Å²) in [7, 11) is 0.